The van der Waals surface area contributed by atoms with E-state index in [-0.39, 0.29) is 25.2 Å². The van der Waals surface area contributed by atoms with Crippen molar-refractivity contribution in [2.75, 3.05) is 13.1 Å². The molecule has 0 aliphatic carbocycles. The number of carboxylic acid groups (broad SMARTS) is 1. The third kappa shape index (κ3) is 11.1. The van der Waals surface area contributed by atoms with E-state index in [0.717, 1.165) is 16.7 Å². The summed E-state index contributed by atoms with van der Waals surface area (Å²) in [5.74, 6) is -2.59. The van der Waals surface area contributed by atoms with Crippen LogP contribution in [0.25, 0.3) is 11.1 Å². The fourth-order valence-corrected chi connectivity index (χ4v) is 3.74. The Morgan fingerprint density at radius 1 is 0.868 bits per heavy atom. The highest BCUT2D eigenvalue weighted by Gasteiger charge is 2.27. The Balaban J connectivity index is 2.12. The third-order valence-corrected chi connectivity index (χ3v) is 5.65. The molecular weight excluding hydrogens is 488 g/mol. The number of hydrogen-bond donors (Lipinski definition) is 6. The lowest BCUT2D eigenvalue weighted by Gasteiger charge is -2.23. The summed E-state index contributed by atoms with van der Waals surface area (Å²) < 4.78 is 0. The number of aliphatic imine (C=N–C) groups is 1. The predicted octanol–water partition coefficient (Wildman–Crippen LogP) is 0.920. The molecule has 0 fully saturated rings. The number of amides is 3. The lowest BCUT2D eigenvalue weighted by molar-refractivity contribution is -0.138. The van der Waals surface area contributed by atoms with Gasteiger partial charge in [0.2, 0.25) is 17.7 Å². The summed E-state index contributed by atoms with van der Waals surface area (Å²) in [6.45, 7) is 2.03. The van der Waals surface area contributed by atoms with Gasteiger partial charge in [0.05, 0.1) is 0 Å². The first-order valence-electron chi connectivity index (χ1n) is 12.4. The van der Waals surface area contributed by atoms with E-state index in [0.29, 0.717) is 25.9 Å². The maximum absolute atomic E-state index is 13.0. The lowest BCUT2D eigenvalue weighted by atomic mass is 10.00. The molecular formula is C27H36N6O5. The van der Waals surface area contributed by atoms with Crippen molar-refractivity contribution in [2.24, 2.45) is 16.5 Å². The topological polar surface area (TPSA) is 189 Å². The Kier molecular flexibility index (Phi) is 12.3. The number of benzene rings is 2. The number of nitrogens with one attached hydrogen (secondary N) is 3. The molecule has 0 aliphatic heterocycles. The second-order valence-corrected chi connectivity index (χ2v) is 8.82. The summed E-state index contributed by atoms with van der Waals surface area (Å²) >= 11 is 0. The molecule has 0 aliphatic rings. The Bertz CT molecular complexity index is 1100. The Morgan fingerprint density at radius 3 is 2.13 bits per heavy atom. The molecule has 3 amide bonds. The molecule has 0 spiro atoms. The largest absolute Gasteiger partial charge is 0.481 e. The van der Waals surface area contributed by atoms with Gasteiger partial charge in [0, 0.05) is 32.9 Å². The highest BCUT2D eigenvalue weighted by molar-refractivity contribution is 5.92. The molecule has 0 saturated heterocycles. The summed E-state index contributed by atoms with van der Waals surface area (Å²) in [6.07, 6.45) is 1.07. The molecule has 2 atom stereocenters. The van der Waals surface area contributed by atoms with Gasteiger partial charge in [-0.3, -0.25) is 24.2 Å². The van der Waals surface area contributed by atoms with Crippen LogP contribution < -0.4 is 27.4 Å². The number of guanidine groups is 1. The van der Waals surface area contributed by atoms with E-state index in [4.69, 9.17) is 16.6 Å². The van der Waals surface area contributed by atoms with Crippen molar-refractivity contribution in [1.82, 2.24) is 16.0 Å². The van der Waals surface area contributed by atoms with Crippen molar-refractivity contribution in [3.63, 3.8) is 0 Å². The zero-order valence-corrected chi connectivity index (χ0v) is 21.5. The smallest absolute Gasteiger partial charge is 0.303 e. The van der Waals surface area contributed by atoms with Gasteiger partial charge in [-0.25, -0.2) is 0 Å². The van der Waals surface area contributed by atoms with Crippen LogP contribution in [0.1, 0.15) is 38.2 Å². The zero-order chi connectivity index (χ0) is 27.9. The minimum absolute atomic E-state index is 0.00622. The van der Waals surface area contributed by atoms with Crippen molar-refractivity contribution < 1.29 is 24.3 Å². The minimum Gasteiger partial charge on any atom is -0.481 e. The Hall–Kier alpha value is -4.41. The number of nitrogens with two attached hydrogens (primary N) is 2. The maximum atomic E-state index is 13.0. The third-order valence-electron chi connectivity index (χ3n) is 5.65. The summed E-state index contributed by atoms with van der Waals surface area (Å²) in [5.41, 5.74) is 13.5. The molecule has 11 nitrogen and oxygen atoms in total. The van der Waals surface area contributed by atoms with Crippen molar-refractivity contribution >= 4 is 29.7 Å². The fourth-order valence-electron chi connectivity index (χ4n) is 3.74. The van der Waals surface area contributed by atoms with E-state index in [1.54, 1.807) is 0 Å². The first-order chi connectivity index (χ1) is 18.2. The van der Waals surface area contributed by atoms with Gasteiger partial charge in [-0.05, 0) is 36.0 Å². The molecule has 11 heteroatoms. The minimum atomic E-state index is -1.10. The number of carboxylic acids is 1. The highest BCUT2D eigenvalue weighted by Crippen LogP contribution is 2.20. The number of aliphatic carboxylic acids is 1. The van der Waals surface area contributed by atoms with Crippen molar-refractivity contribution in [1.29, 1.82) is 0 Å². The number of nitrogens with zero attached hydrogens (tertiary/aromatic N) is 1. The second-order valence-electron chi connectivity index (χ2n) is 8.82. The molecule has 0 radical (unpaired) electrons. The molecule has 2 aromatic carbocycles. The van der Waals surface area contributed by atoms with Gasteiger partial charge in [-0.1, -0.05) is 54.6 Å². The molecule has 0 bridgehead atoms. The van der Waals surface area contributed by atoms with Crippen LogP contribution >= 0.6 is 0 Å². The molecule has 0 aromatic heterocycles. The standard InChI is InChI=1S/C27H36N6O5/c1-18(34)32-22(13-14-24(35)36)26(38)33-23(25(37)30-15-5-6-16-31-27(28)29)17-19-9-11-21(12-10-19)20-7-3-2-4-8-20/h2-4,7-12,22-23H,5-6,13-17H2,1H3,(H,30,37)(H,32,34)(H,33,38)(H,35,36)(H4,28,29,31)/t22-,23-/m0/s1. The van der Waals surface area contributed by atoms with Gasteiger partial charge >= 0.3 is 5.97 Å². The van der Waals surface area contributed by atoms with Crippen LogP contribution in [0, 0.1) is 0 Å². The van der Waals surface area contributed by atoms with Crippen LogP contribution in [0.15, 0.2) is 59.6 Å². The van der Waals surface area contributed by atoms with Crippen molar-refractivity contribution in [3.8, 4) is 11.1 Å². The Labute approximate surface area is 222 Å². The first kappa shape index (κ1) is 29.8. The normalized spacial score (nSPS) is 12.0. The summed E-state index contributed by atoms with van der Waals surface area (Å²) in [4.78, 5) is 52.5. The fraction of sp³-hybridized carbons (Fsp3) is 0.370. The number of unbranched alkanes of at least 4 members (excludes halogenated alkanes) is 1. The number of rotatable bonds is 15. The van der Waals surface area contributed by atoms with Crippen LogP contribution in [-0.4, -0.2) is 59.9 Å². The van der Waals surface area contributed by atoms with E-state index in [1.807, 2.05) is 54.6 Å². The van der Waals surface area contributed by atoms with Gasteiger partial charge in [0.1, 0.15) is 12.1 Å². The average molecular weight is 525 g/mol. The van der Waals surface area contributed by atoms with Crippen LogP contribution in [0.5, 0.6) is 0 Å². The number of carbonyl (C=O) groups excluding carboxylic acids is 3. The molecule has 0 unspecified atom stereocenters. The lowest BCUT2D eigenvalue weighted by Crippen LogP contribution is -2.54. The Morgan fingerprint density at radius 2 is 1.53 bits per heavy atom. The van der Waals surface area contributed by atoms with Crippen molar-refractivity contribution in [2.45, 2.75) is 51.1 Å². The summed E-state index contributed by atoms with van der Waals surface area (Å²) in [6, 6.07) is 15.5. The van der Waals surface area contributed by atoms with Crippen LogP contribution in [0.3, 0.4) is 0 Å². The average Bonchev–Trinajstić information content (AvgIpc) is 2.88. The van der Waals surface area contributed by atoms with E-state index in [2.05, 4.69) is 20.9 Å². The molecule has 2 aromatic rings. The number of hydrogen-bond acceptors (Lipinski definition) is 5. The molecule has 0 saturated carbocycles. The predicted molar refractivity (Wildman–Crippen MR) is 145 cm³/mol. The van der Waals surface area contributed by atoms with E-state index in [1.165, 1.54) is 6.92 Å². The van der Waals surface area contributed by atoms with Gasteiger partial charge in [-0.15, -0.1) is 0 Å². The maximum Gasteiger partial charge on any atom is 0.303 e. The monoisotopic (exact) mass is 524 g/mol. The molecule has 2 rings (SSSR count). The molecule has 204 valence electrons. The van der Waals surface area contributed by atoms with Crippen LogP contribution in [0.4, 0.5) is 0 Å². The number of carbonyl (C=O) groups is 4. The van der Waals surface area contributed by atoms with Crippen LogP contribution in [-0.2, 0) is 25.6 Å². The summed E-state index contributed by atoms with van der Waals surface area (Å²) in [7, 11) is 0. The molecule has 8 N–H and O–H groups in total. The van der Waals surface area contributed by atoms with Gasteiger partial charge in [0.25, 0.3) is 0 Å². The molecule has 38 heavy (non-hydrogen) atoms. The van der Waals surface area contributed by atoms with Gasteiger partial charge < -0.3 is 32.5 Å². The molecule has 0 heterocycles. The van der Waals surface area contributed by atoms with E-state index >= 15 is 0 Å². The second kappa shape index (κ2) is 15.6. The zero-order valence-electron chi connectivity index (χ0n) is 21.5. The first-order valence-corrected chi connectivity index (χ1v) is 12.4. The quantitative estimate of drug-likeness (QED) is 0.113. The van der Waals surface area contributed by atoms with Gasteiger partial charge in [-0.2, -0.15) is 0 Å². The van der Waals surface area contributed by atoms with Gasteiger partial charge in [0.15, 0.2) is 5.96 Å². The highest BCUT2D eigenvalue weighted by atomic mass is 16.4. The van der Waals surface area contributed by atoms with Crippen molar-refractivity contribution in [3.05, 3.63) is 60.2 Å². The van der Waals surface area contributed by atoms with E-state index in [9.17, 15) is 19.2 Å². The van der Waals surface area contributed by atoms with Crippen LogP contribution in [0.2, 0.25) is 0 Å². The van der Waals surface area contributed by atoms with E-state index < -0.39 is 35.8 Å². The SMILES string of the molecule is CC(=O)N[C@@H](CCC(=O)O)C(=O)N[C@@H](Cc1ccc(-c2ccccc2)cc1)C(=O)NCCCCN=C(N)N. The summed E-state index contributed by atoms with van der Waals surface area (Å²) in [5, 5.41) is 17.0.